The summed E-state index contributed by atoms with van der Waals surface area (Å²) in [6, 6.07) is 16.7. The van der Waals surface area contributed by atoms with Gasteiger partial charge in [0.05, 0.1) is 30.0 Å². The fraction of sp³-hybridized carbons (Fsp3) is 0.452. The first kappa shape index (κ1) is 28.1. The lowest BCUT2D eigenvalue weighted by Crippen LogP contribution is -2.26. The van der Waals surface area contributed by atoms with Crippen molar-refractivity contribution in [2.75, 3.05) is 38.2 Å². The first-order valence-electron chi connectivity index (χ1n) is 13.7. The van der Waals surface area contributed by atoms with Gasteiger partial charge in [-0.25, -0.2) is 0 Å². The number of rotatable bonds is 16. The van der Waals surface area contributed by atoms with Crippen LogP contribution >= 0.6 is 0 Å². The zero-order valence-corrected chi connectivity index (χ0v) is 23.0. The summed E-state index contributed by atoms with van der Waals surface area (Å²) in [6.45, 7) is 17.8. The van der Waals surface area contributed by atoms with E-state index in [9.17, 15) is 5.26 Å². The molecule has 198 valence electrons. The second-order valence-electron chi connectivity index (χ2n) is 9.22. The fourth-order valence-corrected chi connectivity index (χ4v) is 4.72. The number of aryl methyl sites for hydroxylation is 1. The van der Waals surface area contributed by atoms with Gasteiger partial charge in [0.2, 0.25) is 0 Å². The van der Waals surface area contributed by atoms with Gasteiger partial charge in [0.25, 0.3) is 0 Å². The van der Waals surface area contributed by atoms with Gasteiger partial charge in [-0.1, -0.05) is 39.3 Å². The quantitative estimate of drug-likeness (QED) is 0.163. The van der Waals surface area contributed by atoms with Gasteiger partial charge in [-0.15, -0.1) is 0 Å². The highest BCUT2D eigenvalue weighted by atomic mass is 16.5. The van der Waals surface area contributed by atoms with Crippen molar-refractivity contribution in [2.24, 2.45) is 0 Å². The monoisotopic (exact) mass is 502 g/mol. The van der Waals surface area contributed by atoms with Crippen LogP contribution in [0.5, 0.6) is 5.75 Å². The molecule has 0 atom stereocenters. The molecule has 1 aromatic heterocycles. The summed E-state index contributed by atoms with van der Waals surface area (Å²) in [6.07, 6.45) is 4.25. The normalized spacial score (nSPS) is 11.0. The highest BCUT2D eigenvalue weighted by Gasteiger charge is 2.19. The predicted octanol–water partition coefficient (Wildman–Crippen LogP) is 7.40. The van der Waals surface area contributed by atoms with Gasteiger partial charge in [0.1, 0.15) is 11.8 Å². The lowest BCUT2D eigenvalue weighted by Gasteiger charge is -2.19. The topological polar surface area (TPSA) is 62.5 Å². The minimum absolute atomic E-state index is 0.505. The Morgan fingerprint density at radius 2 is 1.89 bits per heavy atom. The molecule has 3 aromatic rings. The van der Waals surface area contributed by atoms with Crippen molar-refractivity contribution in [1.82, 2.24) is 9.47 Å². The maximum atomic E-state index is 10.2. The van der Waals surface area contributed by atoms with Crippen molar-refractivity contribution in [2.45, 2.75) is 59.9 Å². The number of nitrogens with zero attached hydrogens (tertiary/aromatic N) is 3. The largest absolute Gasteiger partial charge is 0.493 e. The van der Waals surface area contributed by atoms with Crippen LogP contribution in [0.15, 0.2) is 54.9 Å². The second kappa shape index (κ2) is 14.3. The van der Waals surface area contributed by atoms with E-state index in [-0.39, 0.29) is 0 Å². The van der Waals surface area contributed by atoms with Crippen molar-refractivity contribution in [3.63, 3.8) is 0 Å². The maximum Gasteiger partial charge on any atom is 0.183 e. The fourth-order valence-electron chi connectivity index (χ4n) is 4.72. The molecule has 0 saturated carbocycles. The minimum Gasteiger partial charge on any atom is -0.493 e. The average Bonchev–Trinajstić information content (AvgIpc) is 3.22. The number of hydrogen-bond donors (Lipinski definition) is 1. The van der Waals surface area contributed by atoms with E-state index in [4.69, 9.17) is 9.47 Å². The van der Waals surface area contributed by atoms with E-state index in [1.54, 1.807) is 0 Å². The van der Waals surface area contributed by atoms with Gasteiger partial charge in [0.15, 0.2) is 5.88 Å². The summed E-state index contributed by atoms with van der Waals surface area (Å²) in [4.78, 5) is 2.46. The number of fused-ring (bicyclic) bond motifs is 1. The van der Waals surface area contributed by atoms with E-state index >= 15 is 0 Å². The molecule has 0 bridgehead atoms. The Kier molecular flexibility index (Phi) is 10.9. The number of nitriles is 1. The first-order valence-corrected chi connectivity index (χ1v) is 13.7. The molecule has 1 heterocycles. The lowest BCUT2D eigenvalue weighted by atomic mass is 10.1. The van der Waals surface area contributed by atoms with Gasteiger partial charge >= 0.3 is 0 Å². The lowest BCUT2D eigenvalue weighted by molar-refractivity contribution is 0.236. The van der Waals surface area contributed by atoms with E-state index in [0.717, 1.165) is 79.0 Å². The molecule has 0 aliphatic heterocycles. The summed E-state index contributed by atoms with van der Waals surface area (Å²) in [5.74, 6) is 1.35. The van der Waals surface area contributed by atoms with Crippen LogP contribution in [-0.2, 0) is 11.3 Å². The molecule has 0 saturated heterocycles. The molecule has 0 unspecified atom stereocenters. The highest BCUT2D eigenvalue weighted by Crippen LogP contribution is 2.36. The summed E-state index contributed by atoms with van der Waals surface area (Å²) in [5, 5.41) is 14.4. The zero-order valence-electron chi connectivity index (χ0n) is 23.0. The third kappa shape index (κ3) is 7.30. The standard InChI is InChI=1S/C31H42N4O2/c1-6-10-19-35-30-22-27(37-20-12-18-34(8-3)17-7-2)15-16-28(30)29(23-32)31(35)25-13-11-14-26(21-25)33-24(5)36-9-4/h11,13-16,21-22,33H,5-10,12,17-20H2,1-4H3. The van der Waals surface area contributed by atoms with Crippen LogP contribution in [0.4, 0.5) is 5.69 Å². The molecule has 1 N–H and O–H groups in total. The van der Waals surface area contributed by atoms with E-state index < -0.39 is 0 Å². The van der Waals surface area contributed by atoms with Crippen molar-refractivity contribution >= 4 is 16.6 Å². The van der Waals surface area contributed by atoms with Crippen LogP contribution in [0.25, 0.3) is 22.2 Å². The number of anilines is 1. The molecule has 2 aromatic carbocycles. The maximum absolute atomic E-state index is 10.2. The predicted molar refractivity (Wildman–Crippen MR) is 154 cm³/mol. The van der Waals surface area contributed by atoms with E-state index in [2.05, 4.69) is 66.4 Å². The van der Waals surface area contributed by atoms with E-state index in [1.165, 1.54) is 6.42 Å². The van der Waals surface area contributed by atoms with Crippen molar-refractivity contribution in [3.8, 4) is 23.1 Å². The average molecular weight is 503 g/mol. The zero-order chi connectivity index (χ0) is 26.6. The molecule has 37 heavy (non-hydrogen) atoms. The highest BCUT2D eigenvalue weighted by molar-refractivity contribution is 5.95. The third-order valence-electron chi connectivity index (χ3n) is 6.50. The molecule has 3 rings (SSSR count). The minimum atomic E-state index is 0.505. The number of nitrogens with one attached hydrogen (secondary N) is 1. The van der Waals surface area contributed by atoms with Gasteiger partial charge in [-0.2, -0.15) is 5.26 Å². The van der Waals surface area contributed by atoms with Gasteiger partial charge in [-0.3, -0.25) is 0 Å². The molecular weight excluding hydrogens is 460 g/mol. The van der Waals surface area contributed by atoms with E-state index in [0.29, 0.717) is 24.7 Å². The molecule has 0 fully saturated rings. The number of aromatic nitrogens is 1. The first-order chi connectivity index (χ1) is 18.1. The number of ether oxygens (including phenoxy) is 2. The molecule has 0 radical (unpaired) electrons. The van der Waals surface area contributed by atoms with Gasteiger partial charge in [0, 0.05) is 35.8 Å². The molecule has 0 spiro atoms. The molecule has 0 aliphatic carbocycles. The summed E-state index contributed by atoms with van der Waals surface area (Å²) in [7, 11) is 0. The Morgan fingerprint density at radius 1 is 1.05 bits per heavy atom. The SMILES string of the molecule is C=C(Nc1cccc(-c2c(C#N)c3ccc(OCCCN(CC)CCC)cc3n2CCCC)c1)OCC. The van der Waals surface area contributed by atoms with Crippen LogP contribution in [0.3, 0.4) is 0 Å². The summed E-state index contributed by atoms with van der Waals surface area (Å²) < 4.78 is 13.9. The Hall–Kier alpha value is -3.43. The number of hydrogen-bond acceptors (Lipinski definition) is 5. The Morgan fingerprint density at radius 3 is 2.59 bits per heavy atom. The summed E-state index contributed by atoms with van der Waals surface area (Å²) in [5.41, 5.74) is 4.52. The van der Waals surface area contributed by atoms with Crippen LogP contribution in [0.2, 0.25) is 0 Å². The van der Waals surface area contributed by atoms with Crippen LogP contribution < -0.4 is 10.1 Å². The molecule has 0 amide bonds. The van der Waals surface area contributed by atoms with Crippen LogP contribution in [-0.4, -0.2) is 42.3 Å². The summed E-state index contributed by atoms with van der Waals surface area (Å²) >= 11 is 0. The Labute approximate surface area is 222 Å². The smallest absolute Gasteiger partial charge is 0.183 e. The van der Waals surface area contributed by atoms with Crippen LogP contribution in [0, 0.1) is 11.3 Å². The van der Waals surface area contributed by atoms with Crippen molar-refractivity contribution in [1.29, 1.82) is 5.26 Å². The molecule has 6 nitrogen and oxygen atoms in total. The molecule has 6 heteroatoms. The number of benzene rings is 2. The van der Waals surface area contributed by atoms with Crippen molar-refractivity contribution in [3.05, 3.63) is 60.5 Å². The third-order valence-corrected chi connectivity index (χ3v) is 6.50. The van der Waals surface area contributed by atoms with Gasteiger partial charge < -0.3 is 24.3 Å². The molecular formula is C31H42N4O2. The Balaban J connectivity index is 1.93. The van der Waals surface area contributed by atoms with Crippen LogP contribution in [0.1, 0.15) is 58.9 Å². The molecule has 0 aliphatic rings. The Bertz CT molecular complexity index is 1210. The number of unbranched alkanes of at least 4 members (excludes halogenated alkanes) is 1. The van der Waals surface area contributed by atoms with E-state index in [1.807, 2.05) is 31.2 Å². The second-order valence-corrected chi connectivity index (χ2v) is 9.22. The van der Waals surface area contributed by atoms with Crippen molar-refractivity contribution < 1.29 is 9.47 Å². The van der Waals surface area contributed by atoms with Gasteiger partial charge in [-0.05, 0) is 70.1 Å².